The van der Waals surface area contributed by atoms with Gasteiger partial charge < -0.3 is 9.64 Å². The summed E-state index contributed by atoms with van der Waals surface area (Å²) in [4.78, 5) is 5.32. The molecule has 3 aliphatic rings. The summed E-state index contributed by atoms with van der Waals surface area (Å²) >= 11 is 0. The van der Waals surface area contributed by atoms with E-state index in [9.17, 15) is 0 Å². The first kappa shape index (κ1) is 18.5. The molecule has 1 N–H and O–H groups in total. The minimum Gasteiger partial charge on any atom is -0.383 e. The Morgan fingerprint density at radius 2 is 1.96 bits per heavy atom. The van der Waals surface area contributed by atoms with Gasteiger partial charge in [0.05, 0.1) is 12.8 Å². The number of H-pyrrole nitrogens is 1. The van der Waals surface area contributed by atoms with Gasteiger partial charge in [0.15, 0.2) is 0 Å². The number of ether oxygens (including phenoxy) is 1. The molecule has 0 bridgehead atoms. The lowest BCUT2D eigenvalue weighted by Crippen LogP contribution is -2.45. The number of rotatable bonds is 6. The van der Waals surface area contributed by atoms with Crippen molar-refractivity contribution >= 4 is 0 Å². The Morgan fingerprint density at radius 1 is 1.12 bits per heavy atom. The zero-order valence-electron chi connectivity index (χ0n) is 16.5. The predicted molar refractivity (Wildman–Crippen MR) is 104 cm³/mol. The molecule has 1 aromatic heterocycles. The molecule has 0 radical (unpaired) electrons. The summed E-state index contributed by atoms with van der Waals surface area (Å²) in [6, 6.07) is 0. The van der Waals surface area contributed by atoms with Crippen LogP contribution in [-0.2, 0) is 11.3 Å². The number of methoxy groups -OCH3 is 1. The molecule has 1 aromatic rings. The second-order valence-electron chi connectivity index (χ2n) is 8.98. The molecule has 4 rings (SSSR count). The first-order valence-electron chi connectivity index (χ1n) is 10.7. The van der Waals surface area contributed by atoms with Crippen molar-refractivity contribution in [2.24, 2.45) is 5.41 Å². The third kappa shape index (κ3) is 4.15. The van der Waals surface area contributed by atoms with E-state index in [-0.39, 0.29) is 0 Å². The van der Waals surface area contributed by atoms with Crippen LogP contribution in [-0.4, -0.2) is 66.4 Å². The summed E-state index contributed by atoms with van der Waals surface area (Å²) < 4.78 is 5.30. The molecule has 0 unspecified atom stereocenters. The topological polar surface area (TPSA) is 44.4 Å². The minimum absolute atomic E-state index is 0.515. The van der Waals surface area contributed by atoms with Crippen LogP contribution in [0.1, 0.15) is 68.5 Å². The molecule has 1 saturated carbocycles. The van der Waals surface area contributed by atoms with Crippen molar-refractivity contribution in [3.8, 4) is 0 Å². The average Bonchev–Trinajstić information content (AvgIpc) is 3.28. The predicted octanol–water partition coefficient (Wildman–Crippen LogP) is 3.39. The summed E-state index contributed by atoms with van der Waals surface area (Å²) in [5.41, 5.74) is 3.41. The fourth-order valence-corrected chi connectivity index (χ4v) is 5.65. The molecule has 1 spiro atoms. The van der Waals surface area contributed by atoms with Gasteiger partial charge in [-0.15, -0.1) is 0 Å². The molecule has 2 saturated heterocycles. The van der Waals surface area contributed by atoms with Gasteiger partial charge in [0, 0.05) is 50.5 Å². The highest BCUT2D eigenvalue weighted by Crippen LogP contribution is 2.40. The van der Waals surface area contributed by atoms with E-state index in [0.29, 0.717) is 5.41 Å². The van der Waals surface area contributed by atoms with E-state index >= 15 is 0 Å². The van der Waals surface area contributed by atoms with Gasteiger partial charge in [0.25, 0.3) is 0 Å². The standard InChI is InChI=1S/C21H36N4O/c1-26-13-12-24-10-5-8-21(16-24)9-11-25(17-21)15-19-14-22-23-20(19)18-6-3-2-4-7-18/h14,18H,2-13,15-17H2,1H3,(H,22,23)/t21-/m1/s1. The fourth-order valence-electron chi connectivity index (χ4n) is 5.65. The van der Waals surface area contributed by atoms with E-state index in [0.717, 1.165) is 25.6 Å². The zero-order chi connectivity index (χ0) is 17.8. The fraction of sp³-hybridized carbons (Fsp3) is 0.857. The van der Waals surface area contributed by atoms with Crippen LogP contribution in [0, 0.1) is 5.41 Å². The molecular weight excluding hydrogens is 324 g/mol. The van der Waals surface area contributed by atoms with E-state index in [1.807, 2.05) is 7.11 Å². The summed E-state index contributed by atoms with van der Waals surface area (Å²) in [6.07, 6.45) is 13.0. The van der Waals surface area contributed by atoms with Gasteiger partial charge in [-0.2, -0.15) is 5.10 Å². The maximum Gasteiger partial charge on any atom is 0.0589 e. The van der Waals surface area contributed by atoms with E-state index in [2.05, 4.69) is 26.2 Å². The van der Waals surface area contributed by atoms with Gasteiger partial charge >= 0.3 is 0 Å². The van der Waals surface area contributed by atoms with Crippen molar-refractivity contribution in [3.63, 3.8) is 0 Å². The zero-order valence-corrected chi connectivity index (χ0v) is 16.5. The Morgan fingerprint density at radius 3 is 2.81 bits per heavy atom. The third-order valence-electron chi connectivity index (χ3n) is 7.03. The van der Waals surface area contributed by atoms with Crippen molar-refractivity contribution in [1.29, 1.82) is 0 Å². The van der Waals surface area contributed by atoms with E-state index < -0.39 is 0 Å². The molecule has 146 valence electrons. The van der Waals surface area contributed by atoms with Crippen LogP contribution in [0.4, 0.5) is 0 Å². The number of aromatic amines is 1. The van der Waals surface area contributed by atoms with Gasteiger partial charge in [0.1, 0.15) is 0 Å². The van der Waals surface area contributed by atoms with Crippen LogP contribution in [0.5, 0.6) is 0 Å². The van der Waals surface area contributed by atoms with Crippen molar-refractivity contribution < 1.29 is 4.74 Å². The van der Waals surface area contributed by atoms with Crippen LogP contribution in [0.15, 0.2) is 6.20 Å². The lowest BCUT2D eigenvalue weighted by atomic mass is 9.79. The molecule has 0 amide bonds. The van der Waals surface area contributed by atoms with Crippen molar-refractivity contribution in [1.82, 2.24) is 20.0 Å². The Labute approximate surface area is 158 Å². The molecule has 3 heterocycles. The molecule has 3 fully saturated rings. The third-order valence-corrected chi connectivity index (χ3v) is 7.03. The lowest BCUT2D eigenvalue weighted by molar-refractivity contribution is 0.0673. The van der Waals surface area contributed by atoms with Gasteiger partial charge in [-0.1, -0.05) is 19.3 Å². The molecule has 5 heteroatoms. The normalized spacial score (nSPS) is 29.0. The first-order valence-corrected chi connectivity index (χ1v) is 10.7. The smallest absolute Gasteiger partial charge is 0.0589 e. The maximum atomic E-state index is 5.30. The number of likely N-dealkylation sites (tertiary alicyclic amines) is 2. The van der Waals surface area contributed by atoms with Crippen LogP contribution in [0.2, 0.25) is 0 Å². The second kappa shape index (κ2) is 8.41. The van der Waals surface area contributed by atoms with Gasteiger partial charge in [-0.3, -0.25) is 10.00 Å². The number of aromatic nitrogens is 2. The highest BCUT2D eigenvalue weighted by molar-refractivity contribution is 5.21. The monoisotopic (exact) mass is 360 g/mol. The highest BCUT2D eigenvalue weighted by Gasteiger charge is 2.41. The van der Waals surface area contributed by atoms with Crippen LogP contribution < -0.4 is 0 Å². The number of hydrogen-bond donors (Lipinski definition) is 1. The Kier molecular flexibility index (Phi) is 5.97. The summed E-state index contributed by atoms with van der Waals surface area (Å²) in [6.45, 7) is 8.04. The summed E-state index contributed by atoms with van der Waals surface area (Å²) in [7, 11) is 1.81. The molecule has 1 atom stereocenters. The van der Waals surface area contributed by atoms with Gasteiger partial charge in [-0.25, -0.2) is 0 Å². The molecular formula is C21H36N4O. The minimum atomic E-state index is 0.515. The quantitative estimate of drug-likeness (QED) is 0.844. The maximum absolute atomic E-state index is 5.30. The van der Waals surface area contributed by atoms with Crippen molar-refractivity contribution in [2.75, 3.05) is 46.4 Å². The van der Waals surface area contributed by atoms with Gasteiger partial charge in [-0.05, 0) is 50.6 Å². The summed E-state index contributed by atoms with van der Waals surface area (Å²) in [5, 5.41) is 7.77. The van der Waals surface area contributed by atoms with Crippen molar-refractivity contribution in [2.45, 2.75) is 63.8 Å². The van der Waals surface area contributed by atoms with Gasteiger partial charge in [0.2, 0.25) is 0 Å². The Balaban J connectivity index is 1.35. The number of hydrogen-bond acceptors (Lipinski definition) is 4. The highest BCUT2D eigenvalue weighted by atomic mass is 16.5. The molecule has 5 nitrogen and oxygen atoms in total. The Hall–Kier alpha value is -0.910. The lowest BCUT2D eigenvalue weighted by Gasteiger charge is -2.40. The molecule has 26 heavy (non-hydrogen) atoms. The van der Waals surface area contributed by atoms with Crippen LogP contribution in [0.3, 0.4) is 0 Å². The second-order valence-corrected chi connectivity index (χ2v) is 8.98. The average molecular weight is 361 g/mol. The van der Waals surface area contributed by atoms with E-state index in [1.54, 1.807) is 0 Å². The Bertz CT molecular complexity index is 568. The number of nitrogens with zero attached hydrogens (tertiary/aromatic N) is 3. The largest absolute Gasteiger partial charge is 0.383 e. The number of piperidine rings is 1. The van der Waals surface area contributed by atoms with E-state index in [1.165, 1.54) is 88.8 Å². The molecule has 1 aliphatic carbocycles. The molecule has 0 aromatic carbocycles. The van der Waals surface area contributed by atoms with Crippen molar-refractivity contribution in [3.05, 3.63) is 17.5 Å². The van der Waals surface area contributed by atoms with E-state index in [4.69, 9.17) is 4.74 Å². The van der Waals surface area contributed by atoms with Crippen LogP contribution in [0.25, 0.3) is 0 Å². The molecule has 2 aliphatic heterocycles. The van der Waals surface area contributed by atoms with Crippen LogP contribution >= 0.6 is 0 Å². The first-order chi connectivity index (χ1) is 12.8. The number of nitrogens with one attached hydrogen (secondary N) is 1. The summed E-state index contributed by atoms with van der Waals surface area (Å²) in [5.74, 6) is 0.719. The SMILES string of the molecule is COCCN1CCC[C@@]2(CCN(Cc3cn[nH]c3C3CCCCC3)C2)C1.